The number of sulfonamides is 1. The first-order valence-electron chi connectivity index (χ1n) is 7.82. The fourth-order valence-electron chi connectivity index (χ4n) is 2.06. The minimum absolute atomic E-state index is 0.00403. The molecule has 2 aromatic rings. The maximum Gasteiger partial charge on any atom is 0.338 e. The molecule has 27 heavy (non-hydrogen) atoms. The van der Waals surface area contributed by atoms with Crippen LogP contribution in [-0.4, -0.2) is 33.4 Å². The van der Waals surface area contributed by atoms with Gasteiger partial charge in [-0.05, 0) is 56.4 Å². The predicted octanol–water partition coefficient (Wildman–Crippen LogP) is 1.65. The molecule has 0 aliphatic heterocycles. The molecule has 0 heterocycles. The van der Waals surface area contributed by atoms with E-state index in [0.717, 1.165) is 0 Å². The number of nitrogens with one attached hydrogen (secondary N) is 2. The van der Waals surface area contributed by atoms with Gasteiger partial charge in [0.2, 0.25) is 10.0 Å². The van der Waals surface area contributed by atoms with Crippen molar-refractivity contribution in [3.63, 3.8) is 0 Å². The number of esters is 1. The summed E-state index contributed by atoms with van der Waals surface area (Å²) in [5.41, 5.74) is 0.900. The lowest BCUT2D eigenvalue weighted by molar-refractivity contribution is -0.123. The lowest BCUT2D eigenvalue weighted by Gasteiger charge is -2.14. The van der Waals surface area contributed by atoms with Crippen molar-refractivity contribution in [2.24, 2.45) is 0 Å². The summed E-state index contributed by atoms with van der Waals surface area (Å²) >= 11 is 0. The summed E-state index contributed by atoms with van der Waals surface area (Å²) in [6, 6.07) is 13.5. The lowest BCUT2D eigenvalue weighted by Crippen LogP contribution is -2.30. The van der Waals surface area contributed by atoms with E-state index in [-0.39, 0.29) is 10.5 Å². The summed E-state index contributed by atoms with van der Waals surface area (Å²) in [6.45, 7) is 1.39. The normalized spacial score (nSPS) is 11.9. The molecule has 0 saturated heterocycles. The van der Waals surface area contributed by atoms with Crippen molar-refractivity contribution in [2.75, 3.05) is 12.4 Å². The topological polar surface area (TPSA) is 125 Å². The zero-order chi connectivity index (χ0) is 20.0. The van der Waals surface area contributed by atoms with Gasteiger partial charge in [0.1, 0.15) is 0 Å². The van der Waals surface area contributed by atoms with Crippen LogP contribution < -0.4 is 10.0 Å². The highest BCUT2D eigenvalue weighted by Gasteiger charge is 2.20. The maximum atomic E-state index is 12.2. The van der Waals surface area contributed by atoms with Crippen LogP contribution in [-0.2, 0) is 19.6 Å². The quantitative estimate of drug-likeness (QED) is 0.726. The van der Waals surface area contributed by atoms with Crippen LogP contribution in [0.2, 0.25) is 0 Å². The molecule has 0 aliphatic rings. The van der Waals surface area contributed by atoms with Gasteiger partial charge in [-0.25, -0.2) is 17.9 Å². The van der Waals surface area contributed by atoms with Crippen LogP contribution in [0, 0.1) is 11.3 Å². The van der Waals surface area contributed by atoms with Crippen LogP contribution in [0.1, 0.15) is 22.8 Å². The Labute approximate surface area is 156 Å². The first kappa shape index (κ1) is 20.1. The summed E-state index contributed by atoms with van der Waals surface area (Å²) in [5.74, 6) is -1.39. The first-order chi connectivity index (χ1) is 12.8. The molecular formula is C18H17N3O5S. The number of rotatable bonds is 6. The van der Waals surface area contributed by atoms with Crippen molar-refractivity contribution >= 4 is 27.6 Å². The molecule has 2 rings (SSSR count). The van der Waals surface area contributed by atoms with E-state index < -0.39 is 28.0 Å². The lowest BCUT2D eigenvalue weighted by atomic mass is 10.2. The molecule has 0 bridgehead atoms. The Morgan fingerprint density at radius 2 is 1.81 bits per heavy atom. The molecule has 1 amide bonds. The van der Waals surface area contributed by atoms with Crippen molar-refractivity contribution < 1.29 is 22.7 Å². The van der Waals surface area contributed by atoms with Crippen LogP contribution in [0.4, 0.5) is 5.69 Å². The van der Waals surface area contributed by atoms with E-state index in [1.807, 2.05) is 6.07 Å². The van der Waals surface area contributed by atoms with Crippen molar-refractivity contribution in [3.05, 3.63) is 59.7 Å². The van der Waals surface area contributed by atoms with Gasteiger partial charge in [0, 0.05) is 5.69 Å². The SMILES string of the molecule is CNS(=O)(=O)c1cccc(C(=O)O[C@H](C)C(=O)Nc2ccc(C#N)cc2)c1. The summed E-state index contributed by atoms with van der Waals surface area (Å²) in [4.78, 5) is 24.3. The molecule has 0 saturated carbocycles. The highest BCUT2D eigenvalue weighted by Crippen LogP contribution is 2.14. The van der Waals surface area contributed by atoms with Crippen LogP contribution >= 0.6 is 0 Å². The molecular weight excluding hydrogens is 370 g/mol. The monoisotopic (exact) mass is 387 g/mol. The summed E-state index contributed by atoms with van der Waals surface area (Å²) < 4.78 is 30.9. The van der Waals surface area contributed by atoms with Gasteiger partial charge in [0.25, 0.3) is 5.91 Å². The van der Waals surface area contributed by atoms with Gasteiger partial charge in [0.05, 0.1) is 22.1 Å². The van der Waals surface area contributed by atoms with Gasteiger partial charge in [-0.2, -0.15) is 5.26 Å². The van der Waals surface area contributed by atoms with Gasteiger partial charge >= 0.3 is 5.97 Å². The number of nitriles is 1. The van der Waals surface area contributed by atoms with Gasteiger partial charge < -0.3 is 10.1 Å². The van der Waals surface area contributed by atoms with Crippen LogP contribution in [0.15, 0.2) is 53.4 Å². The highest BCUT2D eigenvalue weighted by molar-refractivity contribution is 7.89. The fraction of sp³-hybridized carbons (Fsp3) is 0.167. The third kappa shape index (κ3) is 5.13. The Morgan fingerprint density at radius 1 is 1.15 bits per heavy atom. The summed E-state index contributed by atoms with van der Waals surface area (Å²) in [7, 11) is -2.45. The largest absolute Gasteiger partial charge is 0.449 e. The number of benzene rings is 2. The van der Waals surface area contributed by atoms with E-state index in [9.17, 15) is 18.0 Å². The van der Waals surface area contributed by atoms with Gasteiger partial charge in [0.15, 0.2) is 6.10 Å². The molecule has 2 N–H and O–H groups in total. The summed E-state index contributed by atoms with van der Waals surface area (Å²) in [5, 5.41) is 11.3. The highest BCUT2D eigenvalue weighted by atomic mass is 32.2. The molecule has 0 aromatic heterocycles. The molecule has 0 radical (unpaired) electrons. The number of hydrogen-bond acceptors (Lipinski definition) is 6. The second-order valence-electron chi connectivity index (χ2n) is 5.46. The fourth-order valence-corrected chi connectivity index (χ4v) is 2.84. The third-order valence-corrected chi connectivity index (χ3v) is 5.00. The Kier molecular flexibility index (Phi) is 6.28. The van der Waals surface area contributed by atoms with E-state index >= 15 is 0 Å². The average Bonchev–Trinajstić information content (AvgIpc) is 2.68. The predicted molar refractivity (Wildman–Crippen MR) is 97.4 cm³/mol. The maximum absolute atomic E-state index is 12.2. The first-order valence-corrected chi connectivity index (χ1v) is 9.31. The second-order valence-corrected chi connectivity index (χ2v) is 7.35. The van der Waals surface area contributed by atoms with Crippen molar-refractivity contribution in [2.45, 2.75) is 17.9 Å². The number of carbonyl (C=O) groups is 2. The van der Waals surface area contributed by atoms with Crippen LogP contribution in [0.5, 0.6) is 0 Å². The minimum atomic E-state index is -3.71. The number of hydrogen-bond donors (Lipinski definition) is 2. The standard InChI is InChI=1S/C18H17N3O5S/c1-12(17(22)21-15-8-6-13(11-19)7-9-15)26-18(23)14-4-3-5-16(10-14)27(24,25)20-2/h3-10,12,20H,1-2H3,(H,21,22)/t12-/m1/s1. The Bertz CT molecular complexity index is 994. The molecule has 0 unspecified atom stereocenters. The smallest absolute Gasteiger partial charge is 0.338 e. The Morgan fingerprint density at radius 3 is 2.41 bits per heavy atom. The number of ether oxygens (including phenoxy) is 1. The van der Waals surface area contributed by atoms with Crippen molar-refractivity contribution in [1.82, 2.24) is 4.72 Å². The molecule has 8 nitrogen and oxygen atoms in total. The third-order valence-electron chi connectivity index (χ3n) is 3.58. The molecule has 2 aromatic carbocycles. The minimum Gasteiger partial charge on any atom is -0.449 e. The Hall–Kier alpha value is -3.22. The number of anilines is 1. The van der Waals surface area contributed by atoms with E-state index in [1.165, 1.54) is 38.2 Å². The zero-order valence-corrected chi connectivity index (χ0v) is 15.4. The second kappa shape index (κ2) is 8.44. The van der Waals surface area contributed by atoms with Crippen molar-refractivity contribution in [3.8, 4) is 6.07 Å². The van der Waals surface area contributed by atoms with Gasteiger partial charge in [-0.1, -0.05) is 6.07 Å². The number of amides is 1. The molecule has 140 valence electrons. The van der Waals surface area contributed by atoms with E-state index in [1.54, 1.807) is 24.3 Å². The molecule has 9 heteroatoms. The molecule has 0 fully saturated rings. The van der Waals surface area contributed by atoms with E-state index in [4.69, 9.17) is 10.00 Å². The average molecular weight is 387 g/mol. The van der Waals surface area contributed by atoms with Gasteiger partial charge in [-0.15, -0.1) is 0 Å². The Balaban J connectivity index is 2.05. The van der Waals surface area contributed by atoms with Crippen LogP contribution in [0.3, 0.4) is 0 Å². The molecule has 0 spiro atoms. The van der Waals surface area contributed by atoms with E-state index in [2.05, 4.69) is 10.0 Å². The van der Waals surface area contributed by atoms with Crippen molar-refractivity contribution in [1.29, 1.82) is 5.26 Å². The van der Waals surface area contributed by atoms with Gasteiger partial charge in [-0.3, -0.25) is 4.79 Å². The number of carbonyl (C=O) groups excluding carboxylic acids is 2. The summed E-state index contributed by atoms with van der Waals surface area (Å²) in [6.07, 6.45) is -1.11. The number of nitrogens with zero attached hydrogens (tertiary/aromatic N) is 1. The zero-order valence-electron chi connectivity index (χ0n) is 14.6. The molecule has 1 atom stereocenters. The van der Waals surface area contributed by atoms with E-state index in [0.29, 0.717) is 11.3 Å². The molecule has 0 aliphatic carbocycles. The van der Waals surface area contributed by atoms with Crippen LogP contribution in [0.25, 0.3) is 0 Å².